The molecule has 1 rings (SSSR count). The molecule has 2 N–H and O–H groups in total. The number of ether oxygens (including phenoxy) is 1. The Morgan fingerprint density at radius 3 is 2.36 bits per heavy atom. The zero-order valence-electron chi connectivity index (χ0n) is 14.2. The molecule has 5 heteroatoms. The smallest absolute Gasteiger partial charge is 0.191 e. The Hall–Kier alpha value is -1.62. The van der Waals surface area contributed by atoms with Crippen LogP contribution in [0, 0.1) is 11.2 Å². The second kappa shape index (κ2) is 8.73. The molecule has 0 heterocycles. The van der Waals surface area contributed by atoms with Crippen LogP contribution in [0.1, 0.15) is 33.3 Å². The van der Waals surface area contributed by atoms with Crippen LogP contribution in [0.2, 0.25) is 0 Å². The van der Waals surface area contributed by atoms with Crippen molar-refractivity contribution in [3.05, 3.63) is 35.6 Å². The van der Waals surface area contributed by atoms with Gasteiger partial charge in [0.1, 0.15) is 5.82 Å². The maximum atomic E-state index is 12.9. The number of benzene rings is 1. The summed E-state index contributed by atoms with van der Waals surface area (Å²) < 4.78 is 18.4. The van der Waals surface area contributed by atoms with Gasteiger partial charge in [0.05, 0.1) is 12.6 Å². The molecule has 124 valence electrons. The molecule has 0 aliphatic carbocycles. The zero-order chi connectivity index (χ0) is 16.6. The molecule has 0 saturated carbocycles. The number of rotatable bonds is 6. The van der Waals surface area contributed by atoms with E-state index in [4.69, 9.17) is 4.74 Å². The van der Waals surface area contributed by atoms with Crippen molar-refractivity contribution in [3.63, 3.8) is 0 Å². The van der Waals surface area contributed by atoms with Crippen LogP contribution in [0.15, 0.2) is 29.3 Å². The van der Waals surface area contributed by atoms with Crippen molar-refractivity contribution in [1.82, 2.24) is 10.6 Å². The van der Waals surface area contributed by atoms with Crippen LogP contribution in [0.3, 0.4) is 0 Å². The van der Waals surface area contributed by atoms with Crippen LogP contribution in [0.25, 0.3) is 0 Å². The van der Waals surface area contributed by atoms with E-state index in [9.17, 15) is 4.39 Å². The van der Waals surface area contributed by atoms with Gasteiger partial charge in [0, 0.05) is 20.2 Å². The molecule has 0 spiro atoms. The van der Waals surface area contributed by atoms with Gasteiger partial charge in [-0.3, -0.25) is 0 Å². The summed E-state index contributed by atoms with van der Waals surface area (Å²) >= 11 is 0. The fraction of sp³-hybridized carbons (Fsp3) is 0.588. The largest absolute Gasteiger partial charge is 0.379 e. The molecule has 0 aliphatic heterocycles. The highest BCUT2D eigenvalue weighted by Gasteiger charge is 2.24. The number of hydrogen-bond acceptors (Lipinski definition) is 2. The molecule has 0 amide bonds. The predicted octanol–water partition coefficient (Wildman–Crippen LogP) is 2.94. The van der Waals surface area contributed by atoms with Crippen molar-refractivity contribution in [2.24, 2.45) is 10.4 Å². The lowest BCUT2D eigenvalue weighted by Crippen LogP contribution is -2.45. The zero-order valence-corrected chi connectivity index (χ0v) is 14.2. The first-order valence-corrected chi connectivity index (χ1v) is 7.66. The Morgan fingerprint density at radius 1 is 1.23 bits per heavy atom. The van der Waals surface area contributed by atoms with E-state index in [1.165, 1.54) is 12.1 Å². The molecular formula is C17H28FN3O. The molecule has 0 aliphatic rings. The lowest BCUT2D eigenvalue weighted by Gasteiger charge is -2.30. The Kier molecular flexibility index (Phi) is 7.32. The van der Waals surface area contributed by atoms with E-state index in [0.717, 1.165) is 18.1 Å². The van der Waals surface area contributed by atoms with Crippen molar-refractivity contribution < 1.29 is 9.13 Å². The number of nitrogens with zero attached hydrogens (tertiary/aromatic N) is 1. The van der Waals surface area contributed by atoms with Gasteiger partial charge in [0.15, 0.2) is 5.96 Å². The number of aliphatic imine (C=N–C) groups is 1. The van der Waals surface area contributed by atoms with Gasteiger partial charge >= 0.3 is 0 Å². The second-order valence-electron chi connectivity index (χ2n) is 6.29. The number of hydrogen-bond donors (Lipinski definition) is 2. The molecule has 4 nitrogen and oxygen atoms in total. The van der Waals surface area contributed by atoms with Crippen molar-refractivity contribution in [2.75, 3.05) is 20.2 Å². The number of nitrogens with one attached hydrogen (secondary N) is 2. The molecular weight excluding hydrogens is 281 g/mol. The van der Waals surface area contributed by atoms with Gasteiger partial charge < -0.3 is 15.4 Å². The van der Waals surface area contributed by atoms with Crippen LogP contribution >= 0.6 is 0 Å². The van der Waals surface area contributed by atoms with Crippen molar-refractivity contribution in [3.8, 4) is 0 Å². The summed E-state index contributed by atoms with van der Waals surface area (Å²) in [6.45, 7) is 10.4. The average Bonchev–Trinajstić information content (AvgIpc) is 2.45. The van der Waals surface area contributed by atoms with Crippen LogP contribution in [-0.2, 0) is 11.3 Å². The molecule has 1 aromatic rings. The Bertz CT molecular complexity index is 466. The molecule has 1 aromatic carbocycles. The predicted molar refractivity (Wildman–Crippen MR) is 89.5 cm³/mol. The first-order chi connectivity index (χ1) is 10.4. The number of methoxy groups -OCH3 is 1. The van der Waals surface area contributed by atoms with E-state index in [1.807, 2.05) is 6.92 Å². The summed E-state index contributed by atoms with van der Waals surface area (Å²) in [5.41, 5.74) is 1.02. The third kappa shape index (κ3) is 6.43. The standard InChI is InChI=1S/C17H28FN3O/c1-6-19-16(21-12-15(22-5)17(2,3)4)20-11-13-7-9-14(18)10-8-13/h7-10,15H,6,11-12H2,1-5H3,(H2,19,20,21). The highest BCUT2D eigenvalue weighted by atomic mass is 19.1. The normalized spacial score (nSPS) is 13.8. The summed E-state index contributed by atoms with van der Waals surface area (Å²) in [7, 11) is 1.72. The van der Waals surface area contributed by atoms with E-state index in [-0.39, 0.29) is 17.3 Å². The molecule has 1 atom stereocenters. The first-order valence-electron chi connectivity index (χ1n) is 7.66. The van der Waals surface area contributed by atoms with Gasteiger partial charge in [0.2, 0.25) is 0 Å². The van der Waals surface area contributed by atoms with Crippen molar-refractivity contribution in [1.29, 1.82) is 0 Å². The average molecular weight is 309 g/mol. The minimum Gasteiger partial charge on any atom is -0.379 e. The van der Waals surface area contributed by atoms with Gasteiger partial charge in [-0.05, 0) is 30.0 Å². The second-order valence-corrected chi connectivity index (χ2v) is 6.29. The summed E-state index contributed by atoms with van der Waals surface area (Å²) in [5, 5.41) is 6.50. The van der Waals surface area contributed by atoms with E-state index in [2.05, 4.69) is 36.4 Å². The molecule has 0 saturated heterocycles. The fourth-order valence-electron chi connectivity index (χ4n) is 2.03. The monoisotopic (exact) mass is 309 g/mol. The first kappa shape index (κ1) is 18.4. The van der Waals surface area contributed by atoms with Gasteiger partial charge in [0.25, 0.3) is 0 Å². The fourth-order valence-corrected chi connectivity index (χ4v) is 2.03. The minimum absolute atomic E-state index is 0.0516. The van der Waals surface area contributed by atoms with Crippen LogP contribution in [0.4, 0.5) is 4.39 Å². The van der Waals surface area contributed by atoms with Crippen LogP contribution < -0.4 is 10.6 Å². The van der Waals surface area contributed by atoms with Gasteiger partial charge in [-0.1, -0.05) is 32.9 Å². The van der Waals surface area contributed by atoms with Crippen molar-refractivity contribution in [2.45, 2.75) is 40.3 Å². The quantitative estimate of drug-likeness (QED) is 0.627. The van der Waals surface area contributed by atoms with E-state index >= 15 is 0 Å². The van der Waals surface area contributed by atoms with Crippen molar-refractivity contribution >= 4 is 5.96 Å². The van der Waals surface area contributed by atoms with Crippen LogP contribution in [0.5, 0.6) is 0 Å². The number of guanidine groups is 1. The third-order valence-corrected chi connectivity index (χ3v) is 3.38. The maximum Gasteiger partial charge on any atom is 0.191 e. The van der Waals surface area contributed by atoms with E-state index < -0.39 is 0 Å². The summed E-state index contributed by atoms with van der Waals surface area (Å²) in [5.74, 6) is 0.504. The lowest BCUT2D eigenvalue weighted by molar-refractivity contribution is 0.0205. The Balaban J connectivity index is 2.64. The maximum absolute atomic E-state index is 12.9. The molecule has 22 heavy (non-hydrogen) atoms. The highest BCUT2D eigenvalue weighted by molar-refractivity contribution is 5.79. The number of halogens is 1. The summed E-state index contributed by atoms with van der Waals surface area (Å²) in [6.07, 6.45) is 0.0853. The summed E-state index contributed by atoms with van der Waals surface area (Å²) in [6, 6.07) is 6.39. The Morgan fingerprint density at radius 2 is 1.86 bits per heavy atom. The van der Waals surface area contributed by atoms with Gasteiger partial charge in [-0.2, -0.15) is 0 Å². The van der Waals surface area contributed by atoms with Gasteiger partial charge in [-0.15, -0.1) is 0 Å². The van der Waals surface area contributed by atoms with E-state index in [1.54, 1.807) is 19.2 Å². The SMILES string of the molecule is CCNC(=NCc1ccc(F)cc1)NCC(OC)C(C)(C)C. The Labute approximate surface area is 133 Å². The third-order valence-electron chi connectivity index (χ3n) is 3.38. The minimum atomic E-state index is -0.231. The molecule has 1 unspecified atom stereocenters. The molecule has 0 bridgehead atoms. The van der Waals surface area contributed by atoms with E-state index in [0.29, 0.717) is 13.1 Å². The molecule has 0 radical (unpaired) electrons. The summed E-state index contributed by atoms with van der Waals surface area (Å²) in [4.78, 5) is 4.52. The lowest BCUT2D eigenvalue weighted by atomic mass is 9.89. The van der Waals surface area contributed by atoms with Gasteiger partial charge in [-0.25, -0.2) is 9.38 Å². The molecule has 0 fully saturated rings. The topological polar surface area (TPSA) is 45.7 Å². The highest BCUT2D eigenvalue weighted by Crippen LogP contribution is 2.20. The molecule has 0 aromatic heterocycles. The van der Waals surface area contributed by atoms with Crippen LogP contribution in [-0.4, -0.2) is 32.3 Å².